The fourth-order valence-electron chi connectivity index (χ4n) is 1.51. The Kier molecular flexibility index (Phi) is 3.59. The van der Waals surface area contributed by atoms with E-state index in [0.29, 0.717) is 11.5 Å². The molecule has 0 amide bonds. The third kappa shape index (κ3) is 2.86. The largest absolute Gasteiger partial charge is 0.481 e. The molecule has 0 fully saturated rings. The summed E-state index contributed by atoms with van der Waals surface area (Å²) in [6.45, 7) is 0. The molecule has 0 aliphatic rings. The Bertz CT molecular complexity index is 545. The van der Waals surface area contributed by atoms with Gasteiger partial charge in [-0.2, -0.15) is 0 Å². The van der Waals surface area contributed by atoms with Crippen molar-refractivity contribution in [2.24, 2.45) is 5.73 Å². The van der Waals surface area contributed by atoms with Gasteiger partial charge in [-0.25, -0.2) is 9.97 Å². The van der Waals surface area contributed by atoms with Crippen molar-refractivity contribution in [2.45, 2.75) is 12.5 Å². The lowest BCUT2D eigenvalue weighted by atomic mass is 10.1. The molecule has 2 aromatic rings. The Morgan fingerprint density at radius 1 is 1.39 bits per heavy atom. The minimum atomic E-state index is -0.974. The van der Waals surface area contributed by atoms with Crippen LogP contribution in [0.3, 0.4) is 0 Å². The molecular formula is C12H12N4O2. The van der Waals surface area contributed by atoms with E-state index in [9.17, 15) is 4.79 Å². The molecule has 92 valence electrons. The number of aromatic nitrogens is 3. The molecule has 1 unspecified atom stereocenters. The maximum atomic E-state index is 10.6. The predicted molar refractivity (Wildman–Crippen MR) is 64.4 cm³/mol. The highest BCUT2D eigenvalue weighted by atomic mass is 16.4. The standard InChI is InChI=1S/C12H12N4O2/c13-9(6-11(17)18)12-15-5-3-10(16-12)8-2-1-4-14-7-8/h1-5,7,9H,6,13H2,(H,17,18). The monoisotopic (exact) mass is 244 g/mol. The van der Waals surface area contributed by atoms with Gasteiger partial charge in [0.1, 0.15) is 5.82 Å². The fraction of sp³-hybridized carbons (Fsp3) is 0.167. The van der Waals surface area contributed by atoms with Crippen molar-refractivity contribution < 1.29 is 9.90 Å². The summed E-state index contributed by atoms with van der Waals surface area (Å²) < 4.78 is 0. The van der Waals surface area contributed by atoms with E-state index in [4.69, 9.17) is 10.8 Å². The van der Waals surface area contributed by atoms with Gasteiger partial charge in [-0.1, -0.05) is 0 Å². The van der Waals surface area contributed by atoms with Crippen LogP contribution in [0.4, 0.5) is 0 Å². The molecule has 0 saturated heterocycles. The molecule has 0 spiro atoms. The molecule has 6 nitrogen and oxygen atoms in total. The Labute approximate surface area is 104 Å². The third-order valence-corrected chi connectivity index (χ3v) is 2.36. The summed E-state index contributed by atoms with van der Waals surface area (Å²) in [4.78, 5) is 22.8. The first kappa shape index (κ1) is 12.1. The Morgan fingerprint density at radius 2 is 2.22 bits per heavy atom. The summed E-state index contributed by atoms with van der Waals surface area (Å²) in [5, 5.41) is 8.69. The van der Waals surface area contributed by atoms with Crippen molar-refractivity contribution in [1.29, 1.82) is 0 Å². The highest BCUT2D eigenvalue weighted by Gasteiger charge is 2.14. The number of hydrogen-bond acceptors (Lipinski definition) is 5. The maximum absolute atomic E-state index is 10.6. The molecule has 0 aromatic carbocycles. The van der Waals surface area contributed by atoms with E-state index in [2.05, 4.69) is 15.0 Å². The SMILES string of the molecule is NC(CC(=O)O)c1nccc(-c2cccnc2)n1. The van der Waals surface area contributed by atoms with Gasteiger partial charge >= 0.3 is 5.97 Å². The van der Waals surface area contributed by atoms with E-state index in [0.717, 1.165) is 5.56 Å². The predicted octanol–water partition coefficient (Wildman–Crippen LogP) is 1.01. The molecule has 6 heteroatoms. The maximum Gasteiger partial charge on any atom is 0.305 e. The first-order valence-electron chi connectivity index (χ1n) is 5.37. The molecule has 1 atom stereocenters. The van der Waals surface area contributed by atoms with E-state index >= 15 is 0 Å². The summed E-state index contributed by atoms with van der Waals surface area (Å²) in [6, 6.07) is 4.68. The van der Waals surface area contributed by atoms with Crippen LogP contribution in [0.1, 0.15) is 18.3 Å². The molecular weight excluding hydrogens is 232 g/mol. The van der Waals surface area contributed by atoms with Gasteiger partial charge in [-0.3, -0.25) is 9.78 Å². The minimum absolute atomic E-state index is 0.198. The number of carboxylic acids is 1. The van der Waals surface area contributed by atoms with Crippen LogP contribution in [0, 0.1) is 0 Å². The first-order chi connectivity index (χ1) is 8.66. The second kappa shape index (κ2) is 5.33. The number of nitrogens with zero attached hydrogens (tertiary/aromatic N) is 3. The van der Waals surface area contributed by atoms with Gasteiger partial charge in [0.15, 0.2) is 0 Å². The van der Waals surface area contributed by atoms with Crippen LogP contribution >= 0.6 is 0 Å². The summed E-state index contributed by atoms with van der Waals surface area (Å²) in [5.74, 6) is -0.656. The van der Waals surface area contributed by atoms with Crippen LogP contribution in [0.15, 0.2) is 36.8 Å². The number of carboxylic acid groups (broad SMARTS) is 1. The van der Waals surface area contributed by atoms with Crippen molar-refractivity contribution >= 4 is 5.97 Å². The quantitative estimate of drug-likeness (QED) is 0.832. The minimum Gasteiger partial charge on any atom is -0.481 e. The second-order valence-corrected chi connectivity index (χ2v) is 3.75. The average Bonchev–Trinajstić information content (AvgIpc) is 2.39. The third-order valence-electron chi connectivity index (χ3n) is 2.36. The number of rotatable bonds is 4. The average molecular weight is 244 g/mol. The van der Waals surface area contributed by atoms with E-state index < -0.39 is 12.0 Å². The summed E-state index contributed by atoms with van der Waals surface area (Å²) in [5.41, 5.74) is 7.23. The number of carbonyl (C=O) groups is 1. The van der Waals surface area contributed by atoms with Crippen molar-refractivity contribution in [1.82, 2.24) is 15.0 Å². The number of hydrogen-bond donors (Lipinski definition) is 2. The molecule has 2 heterocycles. The van der Waals surface area contributed by atoms with Crippen LogP contribution in [-0.2, 0) is 4.79 Å². The van der Waals surface area contributed by atoms with Gasteiger partial charge in [-0.05, 0) is 18.2 Å². The Morgan fingerprint density at radius 3 is 2.89 bits per heavy atom. The molecule has 0 bridgehead atoms. The lowest BCUT2D eigenvalue weighted by molar-refractivity contribution is -0.137. The lowest BCUT2D eigenvalue weighted by Crippen LogP contribution is -2.18. The highest BCUT2D eigenvalue weighted by molar-refractivity contribution is 5.67. The van der Waals surface area contributed by atoms with E-state index in [-0.39, 0.29) is 6.42 Å². The van der Waals surface area contributed by atoms with Crippen LogP contribution < -0.4 is 5.73 Å². The van der Waals surface area contributed by atoms with Crippen LogP contribution in [-0.4, -0.2) is 26.0 Å². The van der Waals surface area contributed by atoms with Gasteiger partial charge < -0.3 is 10.8 Å². The molecule has 3 N–H and O–H groups in total. The Hall–Kier alpha value is -2.34. The molecule has 0 radical (unpaired) electrons. The zero-order valence-corrected chi connectivity index (χ0v) is 9.52. The molecule has 2 aromatic heterocycles. The molecule has 18 heavy (non-hydrogen) atoms. The van der Waals surface area contributed by atoms with Crippen molar-refractivity contribution in [2.75, 3.05) is 0 Å². The number of pyridine rings is 1. The van der Waals surface area contributed by atoms with Gasteiger partial charge in [0.2, 0.25) is 0 Å². The van der Waals surface area contributed by atoms with Crippen molar-refractivity contribution in [3.8, 4) is 11.3 Å². The van der Waals surface area contributed by atoms with Crippen molar-refractivity contribution in [3.05, 3.63) is 42.6 Å². The molecule has 0 aliphatic heterocycles. The highest BCUT2D eigenvalue weighted by Crippen LogP contribution is 2.17. The normalized spacial score (nSPS) is 12.1. The van der Waals surface area contributed by atoms with Gasteiger partial charge in [0.25, 0.3) is 0 Å². The Balaban J connectivity index is 2.28. The van der Waals surface area contributed by atoms with Crippen LogP contribution in [0.25, 0.3) is 11.3 Å². The van der Waals surface area contributed by atoms with Gasteiger partial charge in [0, 0.05) is 24.2 Å². The summed E-state index contributed by atoms with van der Waals surface area (Å²) in [6.07, 6.45) is 4.71. The van der Waals surface area contributed by atoms with Gasteiger partial charge in [0.05, 0.1) is 18.2 Å². The zero-order valence-electron chi connectivity index (χ0n) is 9.52. The first-order valence-corrected chi connectivity index (χ1v) is 5.37. The molecule has 2 rings (SSSR count). The van der Waals surface area contributed by atoms with Crippen molar-refractivity contribution in [3.63, 3.8) is 0 Å². The van der Waals surface area contributed by atoms with Gasteiger partial charge in [-0.15, -0.1) is 0 Å². The number of aliphatic carboxylic acids is 1. The number of nitrogens with two attached hydrogens (primary N) is 1. The zero-order chi connectivity index (χ0) is 13.0. The topological polar surface area (TPSA) is 102 Å². The molecule has 0 aliphatic carbocycles. The fourth-order valence-corrected chi connectivity index (χ4v) is 1.51. The van der Waals surface area contributed by atoms with Crippen LogP contribution in [0.5, 0.6) is 0 Å². The van der Waals surface area contributed by atoms with E-state index in [1.807, 2.05) is 6.07 Å². The molecule has 0 saturated carbocycles. The smallest absolute Gasteiger partial charge is 0.305 e. The van der Waals surface area contributed by atoms with E-state index in [1.54, 1.807) is 30.7 Å². The van der Waals surface area contributed by atoms with Crippen LogP contribution in [0.2, 0.25) is 0 Å². The summed E-state index contributed by atoms with van der Waals surface area (Å²) in [7, 11) is 0. The second-order valence-electron chi connectivity index (χ2n) is 3.75. The van der Waals surface area contributed by atoms with E-state index in [1.165, 1.54) is 0 Å². The lowest BCUT2D eigenvalue weighted by Gasteiger charge is -2.08. The summed E-state index contributed by atoms with van der Waals surface area (Å²) >= 11 is 0.